The van der Waals surface area contributed by atoms with Crippen LogP contribution in [-0.4, -0.2) is 67.9 Å². The number of sulfonamides is 1. The number of carbonyl (C=O) groups excluding carboxylic acids is 1. The normalized spacial score (nSPS) is 15.2. The fourth-order valence-corrected chi connectivity index (χ4v) is 4.87. The van der Waals surface area contributed by atoms with Crippen LogP contribution in [0.4, 0.5) is 0 Å². The van der Waals surface area contributed by atoms with Gasteiger partial charge in [-0.2, -0.15) is 4.31 Å². The molecule has 0 unspecified atom stereocenters. The van der Waals surface area contributed by atoms with E-state index < -0.39 is 16.0 Å². The molecule has 0 aromatic heterocycles. The van der Waals surface area contributed by atoms with E-state index in [2.05, 4.69) is 0 Å². The van der Waals surface area contributed by atoms with Crippen LogP contribution in [0.25, 0.3) is 0 Å². The van der Waals surface area contributed by atoms with Crippen molar-refractivity contribution in [3.05, 3.63) is 59.2 Å². The van der Waals surface area contributed by atoms with E-state index in [-0.39, 0.29) is 42.5 Å². The van der Waals surface area contributed by atoms with Crippen molar-refractivity contribution < 1.29 is 27.9 Å². The molecule has 0 saturated carbocycles. The first-order valence-electron chi connectivity index (χ1n) is 9.01. The number of nitrogens with zero attached hydrogens (tertiary/aromatic N) is 2. The van der Waals surface area contributed by atoms with E-state index >= 15 is 0 Å². The summed E-state index contributed by atoms with van der Waals surface area (Å²) in [5.41, 5.74) is 1.08. The maximum atomic E-state index is 13.0. The van der Waals surface area contributed by atoms with Gasteiger partial charge < -0.3 is 14.7 Å². The second-order valence-corrected chi connectivity index (χ2v) is 8.62. The van der Waals surface area contributed by atoms with Gasteiger partial charge >= 0.3 is 5.97 Å². The molecule has 1 amide bonds. The Labute approximate surface area is 169 Å². The second-order valence-electron chi connectivity index (χ2n) is 6.71. The minimum atomic E-state index is -3.67. The summed E-state index contributed by atoms with van der Waals surface area (Å²) < 4.78 is 32.5. The van der Waals surface area contributed by atoms with Gasteiger partial charge in [-0.1, -0.05) is 0 Å². The Morgan fingerprint density at radius 3 is 2.07 bits per heavy atom. The Morgan fingerprint density at radius 2 is 1.55 bits per heavy atom. The smallest absolute Gasteiger partial charge is 0.335 e. The molecule has 1 saturated heterocycles. The van der Waals surface area contributed by atoms with Gasteiger partial charge in [-0.15, -0.1) is 0 Å². The number of methoxy groups -OCH3 is 1. The maximum absolute atomic E-state index is 13.0. The first-order valence-corrected chi connectivity index (χ1v) is 10.5. The average molecular weight is 418 g/mol. The molecule has 0 radical (unpaired) electrons. The highest BCUT2D eigenvalue weighted by atomic mass is 32.2. The highest BCUT2D eigenvalue weighted by Gasteiger charge is 2.31. The first kappa shape index (κ1) is 20.8. The lowest BCUT2D eigenvalue weighted by Gasteiger charge is -2.34. The van der Waals surface area contributed by atoms with Crippen molar-refractivity contribution in [1.29, 1.82) is 0 Å². The number of aryl methyl sites for hydroxylation is 1. The number of carbonyl (C=O) groups is 2. The Hall–Kier alpha value is -2.91. The van der Waals surface area contributed by atoms with Crippen molar-refractivity contribution in [1.82, 2.24) is 9.21 Å². The summed E-state index contributed by atoms with van der Waals surface area (Å²) in [5, 5.41) is 8.95. The Bertz CT molecular complexity index is 1030. The summed E-state index contributed by atoms with van der Waals surface area (Å²) in [6.45, 7) is 2.61. The molecule has 2 aromatic carbocycles. The van der Waals surface area contributed by atoms with Crippen molar-refractivity contribution in [2.75, 3.05) is 33.3 Å². The third-order valence-corrected chi connectivity index (χ3v) is 6.96. The van der Waals surface area contributed by atoms with Crippen LogP contribution in [0, 0.1) is 6.92 Å². The number of piperazine rings is 1. The number of carboxylic acid groups (broad SMARTS) is 1. The molecule has 1 fully saturated rings. The van der Waals surface area contributed by atoms with Gasteiger partial charge in [0, 0.05) is 31.7 Å². The van der Waals surface area contributed by atoms with E-state index in [4.69, 9.17) is 9.84 Å². The van der Waals surface area contributed by atoms with Crippen LogP contribution in [0.15, 0.2) is 47.4 Å². The SMILES string of the molecule is COc1ccc(S(=O)(=O)N2CCN(C(=O)c3ccc(C(=O)O)cc3)CC2)c(C)c1. The molecule has 3 rings (SSSR count). The van der Waals surface area contributed by atoms with Crippen LogP contribution in [-0.2, 0) is 10.0 Å². The van der Waals surface area contributed by atoms with Crippen LogP contribution in [0.3, 0.4) is 0 Å². The largest absolute Gasteiger partial charge is 0.497 e. The number of hydrogen-bond donors (Lipinski definition) is 1. The molecule has 1 aliphatic rings. The third kappa shape index (κ3) is 4.25. The fourth-order valence-electron chi connectivity index (χ4n) is 3.25. The first-order chi connectivity index (χ1) is 13.7. The summed E-state index contributed by atoms with van der Waals surface area (Å²) in [6, 6.07) is 10.5. The molecule has 9 heteroatoms. The van der Waals surface area contributed by atoms with Crippen molar-refractivity contribution in [3.63, 3.8) is 0 Å². The van der Waals surface area contributed by atoms with Crippen molar-refractivity contribution >= 4 is 21.9 Å². The van der Waals surface area contributed by atoms with E-state index in [0.29, 0.717) is 16.9 Å². The topological polar surface area (TPSA) is 104 Å². The Balaban J connectivity index is 1.69. The zero-order valence-corrected chi connectivity index (χ0v) is 17.0. The molecule has 2 aromatic rings. The van der Waals surface area contributed by atoms with Gasteiger partial charge in [-0.3, -0.25) is 4.79 Å². The summed E-state index contributed by atoms with van der Waals surface area (Å²) >= 11 is 0. The summed E-state index contributed by atoms with van der Waals surface area (Å²) in [7, 11) is -2.15. The van der Waals surface area contributed by atoms with Crippen LogP contribution in [0.5, 0.6) is 5.75 Å². The minimum absolute atomic E-state index is 0.104. The monoisotopic (exact) mass is 418 g/mol. The molecular formula is C20H22N2O6S. The predicted molar refractivity (Wildman–Crippen MR) is 106 cm³/mol. The molecule has 0 atom stereocenters. The molecular weight excluding hydrogens is 396 g/mol. The molecule has 1 heterocycles. The number of rotatable bonds is 5. The average Bonchev–Trinajstić information content (AvgIpc) is 2.73. The second kappa shape index (κ2) is 8.22. The molecule has 29 heavy (non-hydrogen) atoms. The van der Waals surface area contributed by atoms with E-state index in [1.54, 1.807) is 24.0 Å². The van der Waals surface area contributed by atoms with Gasteiger partial charge in [0.25, 0.3) is 5.91 Å². The number of ether oxygens (including phenoxy) is 1. The highest BCUT2D eigenvalue weighted by Crippen LogP contribution is 2.25. The number of amides is 1. The van der Waals surface area contributed by atoms with Crippen molar-refractivity contribution in [3.8, 4) is 5.75 Å². The minimum Gasteiger partial charge on any atom is -0.497 e. The van der Waals surface area contributed by atoms with E-state index in [0.717, 1.165) is 0 Å². The molecule has 0 spiro atoms. The van der Waals surface area contributed by atoms with Crippen LogP contribution in [0.1, 0.15) is 26.3 Å². The molecule has 0 aliphatic carbocycles. The van der Waals surface area contributed by atoms with Gasteiger partial charge in [0.1, 0.15) is 5.75 Å². The molecule has 1 aliphatic heterocycles. The number of benzene rings is 2. The van der Waals surface area contributed by atoms with Gasteiger partial charge in [0.05, 0.1) is 17.6 Å². The zero-order valence-electron chi connectivity index (χ0n) is 16.2. The lowest BCUT2D eigenvalue weighted by Crippen LogP contribution is -2.50. The van der Waals surface area contributed by atoms with Gasteiger partial charge in [-0.05, 0) is 55.0 Å². The van der Waals surface area contributed by atoms with Gasteiger partial charge in [0.15, 0.2) is 0 Å². The van der Waals surface area contributed by atoms with Crippen molar-refractivity contribution in [2.45, 2.75) is 11.8 Å². The van der Waals surface area contributed by atoms with E-state index in [1.165, 1.54) is 41.7 Å². The summed E-state index contributed by atoms with van der Waals surface area (Å²) in [6.07, 6.45) is 0. The number of aromatic carboxylic acids is 1. The Morgan fingerprint density at radius 1 is 0.966 bits per heavy atom. The van der Waals surface area contributed by atoms with E-state index in [9.17, 15) is 18.0 Å². The predicted octanol–water partition coefficient (Wildman–Crippen LogP) is 1.85. The highest BCUT2D eigenvalue weighted by molar-refractivity contribution is 7.89. The fraction of sp³-hybridized carbons (Fsp3) is 0.300. The standard InChI is InChI=1S/C20H22N2O6S/c1-14-13-17(28-2)7-8-18(14)29(26,27)22-11-9-21(10-12-22)19(23)15-3-5-16(6-4-15)20(24)25/h3-8,13H,9-12H2,1-2H3,(H,24,25). The quantitative estimate of drug-likeness (QED) is 0.795. The summed E-state index contributed by atoms with van der Waals surface area (Å²) in [5.74, 6) is -0.720. The summed E-state index contributed by atoms with van der Waals surface area (Å²) in [4.78, 5) is 25.4. The van der Waals surface area contributed by atoms with E-state index in [1.807, 2.05) is 0 Å². The number of hydrogen-bond acceptors (Lipinski definition) is 5. The maximum Gasteiger partial charge on any atom is 0.335 e. The molecule has 1 N–H and O–H groups in total. The third-order valence-electron chi connectivity index (χ3n) is 4.90. The van der Waals surface area contributed by atoms with Crippen LogP contribution in [0.2, 0.25) is 0 Å². The Kier molecular flexibility index (Phi) is 5.90. The molecule has 0 bridgehead atoms. The zero-order chi connectivity index (χ0) is 21.2. The lowest BCUT2D eigenvalue weighted by atomic mass is 10.1. The molecule has 154 valence electrons. The van der Waals surface area contributed by atoms with Crippen LogP contribution < -0.4 is 4.74 Å². The van der Waals surface area contributed by atoms with Crippen LogP contribution >= 0.6 is 0 Å². The lowest BCUT2D eigenvalue weighted by molar-refractivity contribution is 0.0684. The number of carboxylic acids is 1. The van der Waals surface area contributed by atoms with Gasteiger partial charge in [-0.25, -0.2) is 13.2 Å². The molecule has 8 nitrogen and oxygen atoms in total. The van der Waals surface area contributed by atoms with Crippen molar-refractivity contribution in [2.24, 2.45) is 0 Å². The van der Waals surface area contributed by atoms with Gasteiger partial charge in [0.2, 0.25) is 10.0 Å².